The van der Waals surface area contributed by atoms with Gasteiger partial charge in [0.15, 0.2) is 0 Å². The summed E-state index contributed by atoms with van der Waals surface area (Å²) in [6.07, 6.45) is 3.87. The van der Waals surface area contributed by atoms with Crippen molar-refractivity contribution < 1.29 is 14.3 Å². The zero-order valence-corrected chi connectivity index (χ0v) is 10.5. The number of esters is 1. The van der Waals surface area contributed by atoms with E-state index in [9.17, 15) is 9.59 Å². The number of carbonyl (C=O) groups excluding carboxylic acids is 2. The highest BCUT2D eigenvalue weighted by molar-refractivity contribution is 5.76. The molecule has 0 aromatic rings. The van der Waals surface area contributed by atoms with Gasteiger partial charge in [-0.25, -0.2) is 0 Å². The minimum absolute atomic E-state index is 0.0866. The Kier molecular flexibility index (Phi) is 6.62. The summed E-state index contributed by atoms with van der Waals surface area (Å²) in [7, 11) is 1.37. The van der Waals surface area contributed by atoms with Gasteiger partial charge in [0.1, 0.15) is 0 Å². The molecule has 2 N–H and O–H groups in total. The van der Waals surface area contributed by atoms with Crippen LogP contribution in [0.4, 0.5) is 0 Å². The van der Waals surface area contributed by atoms with E-state index in [-0.39, 0.29) is 11.9 Å². The fraction of sp³-hybridized carbons (Fsp3) is 0.833. The first-order valence-corrected chi connectivity index (χ1v) is 6.26. The van der Waals surface area contributed by atoms with Crippen molar-refractivity contribution in [1.29, 1.82) is 0 Å². The summed E-state index contributed by atoms with van der Waals surface area (Å²) in [4.78, 5) is 22.4. The van der Waals surface area contributed by atoms with E-state index >= 15 is 0 Å². The van der Waals surface area contributed by atoms with Gasteiger partial charge in [0, 0.05) is 19.4 Å². The number of methoxy groups -OCH3 is 1. The zero-order valence-electron chi connectivity index (χ0n) is 10.5. The van der Waals surface area contributed by atoms with E-state index in [0.717, 1.165) is 25.9 Å². The van der Waals surface area contributed by atoms with Crippen LogP contribution in [0.5, 0.6) is 0 Å². The molecule has 98 valence electrons. The van der Waals surface area contributed by atoms with Gasteiger partial charge in [0.2, 0.25) is 5.91 Å². The molecule has 1 rings (SSSR count). The summed E-state index contributed by atoms with van der Waals surface area (Å²) in [6, 6.07) is 0. The second-order valence-corrected chi connectivity index (χ2v) is 4.45. The maximum Gasteiger partial charge on any atom is 0.305 e. The molecular weight excluding hydrogens is 220 g/mol. The molecule has 1 heterocycles. The minimum atomic E-state index is -0.226. The molecule has 0 aromatic carbocycles. The van der Waals surface area contributed by atoms with E-state index in [2.05, 4.69) is 15.4 Å². The Bertz CT molecular complexity index is 250. The molecular formula is C12H22N2O3. The van der Waals surface area contributed by atoms with Crippen LogP contribution in [0.25, 0.3) is 0 Å². The van der Waals surface area contributed by atoms with Crippen molar-refractivity contribution in [3.63, 3.8) is 0 Å². The lowest BCUT2D eigenvalue weighted by Gasteiger charge is -2.22. The monoisotopic (exact) mass is 242 g/mol. The van der Waals surface area contributed by atoms with Crippen LogP contribution in [-0.2, 0) is 14.3 Å². The molecule has 1 aliphatic heterocycles. The number of ether oxygens (including phenoxy) is 1. The van der Waals surface area contributed by atoms with Crippen LogP contribution in [0.1, 0.15) is 32.1 Å². The normalized spacial score (nSPS) is 19.7. The van der Waals surface area contributed by atoms with Gasteiger partial charge in [-0.3, -0.25) is 9.59 Å². The molecule has 0 saturated carbocycles. The molecule has 0 bridgehead atoms. The smallest absolute Gasteiger partial charge is 0.305 e. The van der Waals surface area contributed by atoms with Crippen LogP contribution in [0.3, 0.4) is 0 Å². The van der Waals surface area contributed by atoms with Crippen LogP contribution >= 0.6 is 0 Å². The van der Waals surface area contributed by atoms with Crippen molar-refractivity contribution in [1.82, 2.24) is 10.6 Å². The van der Waals surface area contributed by atoms with Gasteiger partial charge in [-0.1, -0.05) is 0 Å². The molecule has 0 aliphatic carbocycles. The van der Waals surface area contributed by atoms with Crippen molar-refractivity contribution >= 4 is 11.9 Å². The lowest BCUT2D eigenvalue weighted by Crippen LogP contribution is -2.34. The molecule has 5 nitrogen and oxygen atoms in total. The van der Waals surface area contributed by atoms with Gasteiger partial charge >= 0.3 is 5.97 Å². The summed E-state index contributed by atoms with van der Waals surface area (Å²) in [5, 5.41) is 6.12. The molecule has 1 unspecified atom stereocenters. The third kappa shape index (κ3) is 6.26. The molecule has 1 amide bonds. The van der Waals surface area contributed by atoms with E-state index in [1.807, 2.05) is 0 Å². The highest BCUT2D eigenvalue weighted by atomic mass is 16.5. The average molecular weight is 242 g/mol. The second kappa shape index (κ2) is 8.06. The van der Waals surface area contributed by atoms with Gasteiger partial charge in [-0.05, 0) is 38.3 Å². The molecule has 5 heteroatoms. The first-order valence-electron chi connectivity index (χ1n) is 6.26. The first-order chi connectivity index (χ1) is 8.22. The van der Waals surface area contributed by atoms with Crippen molar-refractivity contribution in [2.75, 3.05) is 26.7 Å². The molecule has 1 atom stereocenters. The average Bonchev–Trinajstić information content (AvgIpc) is 2.35. The van der Waals surface area contributed by atoms with E-state index in [1.165, 1.54) is 7.11 Å². The second-order valence-electron chi connectivity index (χ2n) is 4.45. The van der Waals surface area contributed by atoms with Crippen LogP contribution in [0.2, 0.25) is 0 Å². The summed E-state index contributed by atoms with van der Waals surface area (Å²) >= 11 is 0. The third-order valence-corrected chi connectivity index (χ3v) is 2.98. The Hall–Kier alpha value is -1.10. The van der Waals surface area contributed by atoms with Crippen molar-refractivity contribution in [3.05, 3.63) is 0 Å². The fourth-order valence-electron chi connectivity index (χ4n) is 2.00. The highest BCUT2D eigenvalue weighted by Crippen LogP contribution is 2.13. The third-order valence-electron chi connectivity index (χ3n) is 2.98. The Labute approximate surface area is 102 Å². The zero-order chi connectivity index (χ0) is 12.5. The van der Waals surface area contributed by atoms with Crippen LogP contribution in [0, 0.1) is 5.92 Å². The maximum absolute atomic E-state index is 11.6. The maximum atomic E-state index is 11.6. The first kappa shape index (κ1) is 14.0. The van der Waals surface area contributed by atoms with E-state index in [0.29, 0.717) is 31.7 Å². The van der Waals surface area contributed by atoms with Crippen LogP contribution in [-0.4, -0.2) is 38.6 Å². The Balaban J connectivity index is 2.02. The molecule has 1 saturated heterocycles. The topological polar surface area (TPSA) is 67.4 Å². The van der Waals surface area contributed by atoms with Crippen LogP contribution < -0.4 is 10.6 Å². The van der Waals surface area contributed by atoms with Gasteiger partial charge in [0.05, 0.1) is 7.11 Å². The van der Waals surface area contributed by atoms with Gasteiger partial charge in [0.25, 0.3) is 0 Å². The van der Waals surface area contributed by atoms with Crippen LogP contribution in [0.15, 0.2) is 0 Å². The molecule has 17 heavy (non-hydrogen) atoms. The van der Waals surface area contributed by atoms with Crippen molar-refractivity contribution in [2.45, 2.75) is 32.1 Å². The summed E-state index contributed by atoms with van der Waals surface area (Å²) in [5.41, 5.74) is 0. The summed E-state index contributed by atoms with van der Waals surface area (Å²) < 4.78 is 4.52. The van der Waals surface area contributed by atoms with E-state index in [1.54, 1.807) is 0 Å². The fourth-order valence-corrected chi connectivity index (χ4v) is 2.00. The summed E-state index contributed by atoms with van der Waals surface area (Å²) in [5.74, 6) is 0.323. The lowest BCUT2D eigenvalue weighted by atomic mass is 9.96. The predicted molar refractivity (Wildman–Crippen MR) is 64.5 cm³/mol. The quantitative estimate of drug-likeness (QED) is 0.524. The predicted octanol–water partition coefficient (Wildman–Crippen LogP) is 0.445. The number of hydrogen-bond donors (Lipinski definition) is 2. The van der Waals surface area contributed by atoms with Crippen molar-refractivity contribution in [2.24, 2.45) is 5.92 Å². The Morgan fingerprint density at radius 3 is 2.94 bits per heavy atom. The molecule has 0 radical (unpaired) electrons. The number of hydrogen-bond acceptors (Lipinski definition) is 4. The van der Waals surface area contributed by atoms with E-state index in [4.69, 9.17) is 0 Å². The van der Waals surface area contributed by atoms with Gasteiger partial charge in [-0.15, -0.1) is 0 Å². The molecule has 0 aromatic heterocycles. The highest BCUT2D eigenvalue weighted by Gasteiger charge is 2.16. The van der Waals surface area contributed by atoms with Gasteiger partial charge < -0.3 is 15.4 Å². The molecule has 1 fully saturated rings. The SMILES string of the molecule is COC(=O)CCCNC(=O)CC1CCCNC1. The van der Waals surface area contributed by atoms with Gasteiger partial charge in [-0.2, -0.15) is 0 Å². The number of nitrogens with one attached hydrogen (secondary N) is 2. The number of piperidine rings is 1. The largest absolute Gasteiger partial charge is 0.469 e. The minimum Gasteiger partial charge on any atom is -0.469 e. The Morgan fingerprint density at radius 1 is 1.47 bits per heavy atom. The van der Waals surface area contributed by atoms with E-state index < -0.39 is 0 Å². The molecule has 0 spiro atoms. The number of rotatable bonds is 6. The lowest BCUT2D eigenvalue weighted by molar-refractivity contribution is -0.140. The number of carbonyl (C=O) groups is 2. The Morgan fingerprint density at radius 2 is 2.29 bits per heavy atom. The standard InChI is InChI=1S/C12H22N2O3/c1-17-12(16)5-3-7-14-11(15)8-10-4-2-6-13-9-10/h10,13H,2-9H2,1H3,(H,14,15). The van der Waals surface area contributed by atoms with Crippen molar-refractivity contribution in [3.8, 4) is 0 Å². The molecule has 1 aliphatic rings. The number of amides is 1. The summed E-state index contributed by atoms with van der Waals surface area (Å²) in [6.45, 7) is 2.56.